The third kappa shape index (κ3) is 11.5. The van der Waals surface area contributed by atoms with Crippen LogP contribution >= 0.6 is 24.8 Å². The molecule has 2 saturated heterocycles. The smallest absolute Gasteiger partial charge is 0.323 e. The van der Waals surface area contributed by atoms with Crippen LogP contribution in [0.15, 0.2) is 39.8 Å². The van der Waals surface area contributed by atoms with Gasteiger partial charge in [-0.3, -0.25) is 14.4 Å². The quantitative estimate of drug-likeness (QED) is 0.165. The van der Waals surface area contributed by atoms with Crippen molar-refractivity contribution in [2.45, 2.75) is 62.5 Å². The van der Waals surface area contributed by atoms with E-state index in [1.54, 1.807) is 24.3 Å². The van der Waals surface area contributed by atoms with E-state index in [0.717, 1.165) is 77.5 Å². The fourth-order valence-corrected chi connectivity index (χ4v) is 6.88. The van der Waals surface area contributed by atoms with Gasteiger partial charge in [0.2, 0.25) is 16.9 Å². The molecular weight excluding hydrogens is 633 g/mol. The molecule has 1 unspecified atom stereocenters. The van der Waals surface area contributed by atoms with Crippen molar-refractivity contribution in [3.05, 3.63) is 30.3 Å². The molecule has 0 bridgehead atoms. The number of sulfonamides is 1. The Labute approximate surface area is 271 Å². The molecule has 0 radical (unpaired) electrons. The monoisotopic (exact) mass is 677 g/mol. The van der Waals surface area contributed by atoms with Crippen molar-refractivity contribution in [2.24, 2.45) is 17.8 Å². The zero-order valence-electron chi connectivity index (χ0n) is 24.7. The van der Waals surface area contributed by atoms with Gasteiger partial charge in [0.1, 0.15) is 11.6 Å². The van der Waals surface area contributed by atoms with Crippen LogP contribution in [0.2, 0.25) is 0 Å². The van der Waals surface area contributed by atoms with Crippen LogP contribution in [0.3, 0.4) is 0 Å². The first-order chi connectivity index (χ1) is 20.2. The van der Waals surface area contributed by atoms with Crippen molar-refractivity contribution < 1.29 is 32.3 Å². The third-order valence-electron chi connectivity index (χ3n) is 8.32. The van der Waals surface area contributed by atoms with Crippen molar-refractivity contribution in [3.63, 3.8) is 0 Å². The lowest BCUT2D eigenvalue weighted by atomic mass is 9.84. The van der Waals surface area contributed by atoms with Crippen LogP contribution in [0.1, 0.15) is 51.4 Å². The molecule has 3 heterocycles. The molecular formula is C29H45Cl2N5O7S. The number of furan rings is 1. The minimum Gasteiger partial charge on any atom is -0.480 e. The minimum atomic E-state index is -4.31. The van der Waals surface area contributed by atoms with Crippen LogP contribution in [0.25, 0.3) is 11.0 Å². The number of carboxylic acid groups (broad SMARTS) is 1. The van der Waals surface area contributed by atoms with E-state index in [0.29, 0.717) is 22.8 Å². The first kappa shape index (κ1) is 37.8. The number of benzene rings is 1. The first-order valence-electron chi connectivity index (χ1n) is 14.9. The summed E-state index contributed by atoms with van der Waals surface area (Å²) in [6.45, 7) is 3.19. The largest absolute Gasteiger partial charge is 0.480 e. The van der Waals surface area contributed by atoms with Crippen LogP contribution in [-0.4, -0.2) is 76.6 Å². The number of hydrogen-bond acceptors (Lipinski definition) is 8. The lowest BCUT2D eigenvalue weighted by molar-refractivity contribution is -0.139. The zero-order valence-corrected chi connectivity index (χ0v) is 27.2. The van der Waals surface area contributed by atoms with E-state index < -0.39 is 39.6 Å². The zero-order chi connectivity index (χ0) is 30.0. The summed E-state index contributed by atoms with van der Waals surface area (Å²) in [4.78, 5) is 37.4. The Kier molecular flexibility index (Phi) is 15.9. The maximum absolute atomic E-state index is 13.1. The van der Waals surface area contributed by atoms with Crippen LogP contribution in [0, 0.1) is 17.8 Å². The normalized spacial score (nSPS) is 16.9. The molecule has 2 amide bonds. The van der Waals surface area contributed by atoms with Crippen LogP contribution in [0.5, 0.6) is 0 Å². The molecule has 2 aromatic rings. The summed E-state index contributed by atoms with van der Waals surface area (Å²) in [5.74, 6) is -1.23. The second kappa shape index (κ2) is 18.5. The van der Waals surface area contributed by atoms with Gasteiger partial charge in [0.25, 0.3) is 10.0 Å². The van der Waals surface area contributed by atoms with Gasteiger partial charge in [0, 0.05) is 23.9 Å². The molecule has 0 aliphatic carbocycles. The van der Waals surface area contributed by atoms with Gasteiger partial charge < -0.3 is 30.8 Å². The second-order valence-electron chi connectivity index (χ2n) is 11.4. The van der Waals surface area contributed by atoms with Gasteiger partial charge in [-0.1, -0.05) is 18.2 Å². The highest BCUT2D eigenvalue weighted by atomic mass is 35.5. The van der Waals surface area contributed by atoms with Gasteiger partial charge in [0.15, 0.2) is 0 Å². The number of aliphatic carboxylic acids is 1. The fourth-order valence-electron chi connectivity index (χ4n) is 5.73. The SMILES string of the molecule is Cl.Cl.O=C(CNC(=O)C(CCC1CCNCC1)CCC1CCNCC1)NCC(NS(=O)(=O)c1cc2ccccc2o1)C(=O)O. The predicted octanol–water partition coefficient (Wildman–Crippen LogP) is 2.42. The topological polar surface area (TPSA) is 179 Å². The lowest BCUT2D eigenvalue weighted by Crippen LogP contribution is -2.50. The van der Waals surface area contributed by atoms with E-state index in [2.05, 4.69) is 26.0 Å². The highest BCUT2D eigenvalue weighted by molar-refractivity contribution is 7.89. The van der Waals surface area contributed by atoms with Gasteiger partial charge in [-0.2, -0.15) is 4.72 Å². The standard InChI is InChI=1S/C29H43N5O7S.2ClH/c35-26(32-18-24(29(37)38)34-42(39,40)27-17-23-3-1-2-4-25(23)41-27)19-33-28(36)22(7-5-20-9-13-30-14-10-20)8-6-21-11-15-31-16-12-21;;/h1-4,17,20-22,24,30-31,34H,5-16,18-19H2,(H,32,35)(H,33,36)(H,37,38);2*1H. The van der Waals surface area contributed by atoms with Crippen LogP contribution in [-0.2, 0) is 24.4 Å². The molecule has 2 aliphatic rings. The summed E-state index contributed by atoms with van der Waals surface area (Å²) in [6.07, 6.45) is 7.92. The van der Waals surface area contributed by atoms with E-state index in [4.69, 9.17) is 4.42 Å². The van der Waals surface area contributed by atoms with E-state index in [1.165, 1.54) is 6.07 Å². The average Bonchev–Trinajstić information content (AvgIpc) is 3.45. The van der Waals surface area contributed by atoms with Gasteiger partial charge in [-0.15, -0.1) is 24.8 Å². The van der Waals surface area contributed by atoms with Crippen molar-refractivity contribution in [1.29, 1.82) is 0 Å². The third-order valence-corrected chi connectivity index (χ3v) is 9.65. The Bertz CT molecular complexity index is 1260. The van der Waals surface area contributed by atoms with Crippen LogP contribution < -0.4 is 26.0 Å². The Balaban J connectivity index is 0.00000337. The van der Waals surface area contributed by atoms with Crippen molar-refractivity contribution in [3.8, 4) is 0 Å². The summed E-state index contributed by atoms with van der Waals surface area (Å²) in [7, 11) is -4.31. The molecule has 248 valence electrons. The number of carbonyl (C=O) groups is 3. The van der Waals surface area contributed by atoms with Crippen molar-refractivity contribution in [2.75, 3.05) is 39.3 Å². The molecule has 4 rings (SSSR count). The van der Waals surface area contributed by atoms with E-state index in [1.807, 2.05) is 0 Å². The molecule has 0 saturated carbocycles. The molecule has 12 nitrogen and oxygen atoms in total. The van der Waals surface area contributed by atoms with E-state index in [-0.39, 0.29) is 43.2 Å². The van der Waals surface area contributed by atoms with E-state index in [9.17, 15) is 27.9 Å². The maximum atomic E-state index is 13.1. The predicted molar refractivity (Wildman–Crippen MR) is 172 cm³/mol. The summed E-state index contributed by atoms with van der Waals surface area (Å²) in [5, 5.41) is 21.6. The molecule has 0 spiro atoms. The van der Waals surface area contributed by atoms with Crippen molar-refractivity contribution >= 4 is 63.6 Å². The highest BCUT2D eigenvalue weighted by Gasteiger charge is 2.29. The summed E-state index contributed by atoms with van der Waals surface area (Å²) >= 11 is 0. The number of para-hydroxylation sites is 1. The van der Waals surface area contributed by atoms with Gasteiger partial charge >= 0.3 is 5.97 Å². The maximum Gasteiger partial charge on any atom is 0.323 e. The average molecular weight is 679 g/mol. The minimum absolute atomic E-state index is 0. The molecule has 2 fully saturated rings. The summed E-state index contributed by atoms with van der Waals surface area (Å²) in [6, 6.07) is 6.36. The van der Waals surface area contributed by atoms with E-state index >= 15 is 0 Å². The Morgan fingerprint density at radius 1 is 0.909 bits per heavy atom. The highest BCUT2D eigenvalue weighted by Crippen LogP contribution is 2.27. The number of piperidine rings is 2. The Morgan fingerprint density at radius 3 is 2.02 bits per heavy atom. The second-order valence-corrected chi connectivity index (χ2v) is 13.0. The van der Waals surface area contributed by atoms with Crippen LogP contribution in [0.4, 0.5) is 0 Å². The number of nitrogens with one attached hydrogen (secondary N) is 5. The van der Waals surface area contributed by atoms with Gasteiger partial charge in [0.05, 0.1) is 6.54 Å². The molecule has 44 heavy (non-hydrogen) atoms. The van der Waals surface area contributed by atoms with Crippen molar-refractivity contribution in [1.82, 2.24) is 26.0 Å². The van der Waals surface area contributed by atoms with Gasteiger partial charge in [-0.05, 0) is 95.4 Å². The number of rotatable bonds is 15. The number of halogens is 2. The Morgan fingerprint density at radius 2 is 1.48 bits per heavy atom. The molecule has 1 atom stereocenters. The lowest BCUT2D eigenvalue weighted by Gasteiger charge is -2.27. The number of amides is 2. The van der Waals surface area contributed by atoms with Gasteiger partial charge in [-0.25, -0.2) is 8.42 Å². The summed E-state index contributed by atoms with van der Waals surface area (Å²) < 4.78 is 32.9. The number of carbonyl (C=O) groups excluding carboxylic acids is 2. The molecule has 15 heteroatoms. The Hall–Kier alpha value is -2.42. The molecule has 1 aromatic heterocycles. The number of carboxylic acids is 1. The number of hydrogen-bond donors (Lipinski definition) is 6. The molecule has 6 N–H and O–H groups in total. The first-order valence-corrected chi connectivity index (χ1v) is 16.4. The molecule has 1 aromatic carbocycles. The fraction of sp³-hybridized carbons (Fsp3) is 0.621. The number of fused-ring (bicyclic) bond motifs is 1. The summed E-state index contributed by atoms with van der Waals surface area (Å²) in [5.41, 5.74) is 0.346. The molecule has 2 aliphatic heterocycles.